The second kappa shape index (κ2) is 17.8. The third-order valence-electron chi connectivity index (χ3n) is 11.0. The summed E-state index contributed by atoms with van der Waals surface area (Å²) >= 11 is 0. The molecular formula is C50H54IrN2OSi-2. The van der Waals surface area contributed by atoms with Crippen molar-refractivity contribution in [3.8, 4) is 33.6 Å². The van der Waals surface area contributed by atoms with Gasteiger partial charge in [-0.3, -0.25) is 0 Å². The minimum Gasteiger partial charge on any atom is -0.501 e. The van der Waals surface area contributed by atoms with E-state index in [0.29, 0.717) is 5.92 Å². The quantitative estimate of drug-likeness (QED) is 0.113. The molecule has 0 spiro atoms. The summed E-state index contributed by atoms with van der Waals surface area (Å²) in [5.41, 5.74) is 13.6. The summed E-state index contributed by atoms with van der Waals surface area (Å²) in [5, 5.41) is 3.77. The van der Waals surface area contributed by atoms with Crippen LogP contribution in [0.2, 0.25) is 19.6 Å². The largest absolute Gasteiger partial charge is 0.501 e. The molecular weight excluding hydrogens is 865 g/mol. The number of benzene rings is 4. The van der Waals surface area contributed by atoms with Gasteiger partial charge in [0.05, 0.1) is 13.7 Å². The molecule has 0 N–H and O–H groups in total. The number of hydrogen-bond donors (Lipinski definition) is 0. The van der Waals surface area contributed by atoms with Gasteiger partial charge in [-0.2, -0.15) is 0 Å². The Morgan fingerprint density at radius 2 is 1.56 bits per heavy atom. The summed E-state index contributed by atoms with van der Waals surface area (Å²) in [6.45, 7) is 16.1. The second-order valence-corrected chi connectivity index (χ2v) is 21.9. The number of furan rings is 1. The number of aromatic nitrogens is 2. The molecule has 0 atom stereocenters. The molecule has 3 heterocycles. The molecule has 0 bridgehead atoms. The van der Waals surface area contributed by atoms with E-state index in [1.807, 2.05) is 18.3 Å². The number of aryl methyl sites for hydroxylation is 2. The molecule has 0 aliphatic heterocycles. The van der Waals surface area contributed by atoms with Crippen molar-refractivity contribution in [3.63, 3.8) is 0 Å². The van der Waals surface area contributed by atoms with E-state index in [2.05, 4.69) is 150 Å². The predicted molar refractivity (Wildman–Crippen MR) is 231 cm³/mol. The molecule has 7 aromatic rings. The van der Waals surface area contributed by atoms with Crippen molar-refractivity contribution < 1.29 is 24.5 Å². The van der Waals surface area contributed by atoms with Gasteiger partial charge < -0.3 is 14.4 Å². The van der Waals surface area contributed by atoms with E-state index in [9.17, 15) is 0 Å². The fourth-order valence-corrected chi connectivity index (χ4v) is 9.55. The normalized spacial score (nSPS) is 13.5. The third-order valence-corrected chi connectivity index (χ3v) is 13.1. The zero-order chi connectivity index (χ0) is 37.8. The first-order valence-electron chi connectivity index (χ1n) is 19.9. The predicted octanol–water partition coefficient (Wildman–Crippen LogP) is 13.1. The Kier molecular flexibility index (Phi) is 13.1. The van der Waals surface area contributed by atoms with Crippen LogP contribution in [-0.2, 0) is 32.9 Å². The van der Waals surface area contributed by atoms with E-state index in [1.165, 1.54) is 60.8 Å². The Hall–Kier alpha value is -4.15. The molecule has 1 radical (unpaired) electrons. The molecule has 1 saturated carbocycles. The Labute approximate surface area is 343 Å². The Morgan fingerprint density at radius 3 is 2.29 bits per heavy atom. The molecule has 0 unspecified atom stereocenters. The molecule has 285 valence electrons. The van der Waals surface area contributed by atoms with Gasteiger partial charge in [-0.05, 0) is 64.5 Å². The summed E-state index contributed by atoms with van der Waals surface area (Å²) in [6.07, 6.45) is 13.4. The minimum atomic E-state index is -1.38. The average Bonchev–Trinajstić information content (AvgIpc) is 3.55. The molecule has 4 aromatic carbocycles. The third kappa shape index (κ3) is 9.63. The van der Waals surface area contributed by atoms with Crippen LogP contribution >= 0.6 is 0 Å². The maximum absolute atomic E-state index is 6.35. The summed E-state index contributed by atoms with van der Waals surface area (Å²) in [4.78, 5) is 9.45. The van der Waals surface area contributed by atoms with Crippen LogP contribution in [0.4, 0.5) is 0 Å². The summed E-state index contributed by atoms with van der Waals surface area (Å²) < 4.78 is 6.35. The second-order valence-electron chi connectivity index (χ2n) is 16.8. The first kappa shape index (κ1) is 40.5. The first-order chi connectivity index (χ1) is 26.0. The molecule has 1 fully saturated rings. The van der Waals surface area contributed by atoms with Crippen molar-refractivity contribution in [1.82, 2.24) is 9.97 Å². The van der Waals surface area contributed by atoms with Gasteiger partial charge in [0.1, 0.15) is 5.58 Å². The zero-order valence-corrected chi connectivity index (χ0v) is 37.0. The fourth-order valence-electron chi connectivity index (χ4n) is 7.96. The first-order valence-corrected chi connectivity index (χ1v) is 23.4. The average molecular weight is 919 g/mol. The Morgan fingerprint density at radius 1 is 0.782 bits per heavy atom. The van der Waals surface area contributed by atoms with Crippen LogP contribution in [0.3, 0.4) is 0 Å². The number of pyridine rings is 2. The molecule has 8 rings (SSSR count). The molecule has 5 heteroatoms. The molecule has 55 heavy (non-hydrogen) atoms. The molecule has 0 amide bonds. The molecule has 3 nitrogen and oxygen atoms in total. The van der Waals surface area contributed by atoms with E-state index in [0.717, 1.165) is 62.4 Å². The van der Waals surface area contributed by atoms with E-state index >= 15 is 0 Å². The minimum absolute atomic E-state index is 0. The van der Waals surface area contributed by atoms with Crippen LogP contribution in [0.25, 0.3) is 55.6 Å². The van der Waals surface area contributed by atoms with Gasteiger partial charge in [0.15, 0.2) is 0 Å². The van der Waals surface area contributed by atoms with Crippen LogP contribution in [0.15, 0.2) is 108 Å². The van der Waals surface area contributed by atoms with Crippen LogP contribution in [0, 0.1) is 37.8 Å². The van der Waals surface area contributed by atoms with Crippen LogP contribution in [0.1, 0.15) is 68.2 Å². The van der Waals surface area contributed by atoms with Crippen molar-refractivity contribution in [2.45, 2.75) is 92.3 Å². The maximum Gasteiger partial charge on any atom is 0.121 e. The maximum atomic E-state index is 6.35. The summed E-state index contributed by atoms with van der Waals surface area (Å²) in [7, 11) is -1.38. The summed E-state index contributed by atoms with van der Waals surface area (Å²) in [6, 6.07) is 38.6. The van der Waals surface area contributed by atoms with Gasteiger partial charge in [0.2, 0.25) is 0 Å². The standard InChI is InChI=1S/C27H22NO.C23H32NSi.Ir/c1-18(2)15-19-13-14-28-25(16-19)24-10-6-9-23-22-12-11-21(17-26(22)29-27(23)24)20-7-4-3-5-8-20;1-17-11-12-20(13-18(17)2)22-15-21(14-19-9-7-6-8-10-19)23(16-24-22)25(3,4)5;/h3-9,11-14,16-18H,15H2,1-2H3;11,13,15-16,19H,6-10,14H2,1-5H3;/q2*-1;. The smallest absolute Gasteiger partial charge is 0.121 e. The van der Waals surface area contributed by atoms with Gasteiger partial charge in [-0.15, -0.1) is 53.1 Å². The monoisotopic (exact) mass is 919 g/mol. The Bertz CT molecular complexity index is 2370. The number of nitrogens with zero attached hydrogens (tertiary/aromatic N) is 2. The zero-order valence-electron chi connectivity index (χ0n) is 33.6. The molecule has 1 aliphatic carbocycles. The van der Waals surface area contributed by atoms with Gasteiger partial charge in [-0.1, -0.05) is 156 Å². The van der Waals surface area contributed by atoms with Crippen molar-refractivity contribution in [3.05, 3.63) is 138 Å². The van der Waals surface area contributed by atoms with Gasteiger partial charge in [0.25, 0.3) is 0 Å². The van der Waals surface area contributed by atoms with Crippen LogP contribution in [0.5, 0.6) is 0 Å². The van der Waals surface area contributed by atoms with Crippen molar-refractivity contribution in [2.24, 2.45) is 11.8 Å². The molecule has 3 aromatic heterocycles. The Balaban J connectivity index is 0.000000186. The van der Waals surface area contributed by atoms with E-state index in [-0.39, 0.29) is 20.1 Å². The number of fused-ring (bicyclic) bond motifs is 3. The van der Waals surface area contributed by atoms with Crippen molar-refractivity contribution >= 4 is 35.2 Å². The van der Waals surface area contributed by atoms with E-state index < -0.39 is 8.07 Å². The van der Waals surface area contributed by atoms with Crippen LogP contribution < -0.4 is 5.19 Å². The number of hydrogen-bond acceptors (Lipinski definition) is 3. The molecule has 1 aliphatic rings. The van der Waals surface area contributed by atoms with E-state index in [1.54, 1.807) is 10.8 Å². The number of rotatable bonds is 8. The van der Waals surface area contributed by atoms with Crippen molar-refractivity contribution in [1.29, 1.82) is 0 Å². The van der Waals surface area contributed by atoms with E-state index in [4.69, 9.17) is 9.40 Å². The van der Waals surface area contributed by atoms with Gasteiger partial charge in [0, 0.05) is 37.9 Å². The summed E-state index contributed by atoms with van der Waals surface area (Å²) in [5.74, 6) is 1.47. The van der Waals surface area contributed by atoms with Gasteiger partial charge >= 0.3 is 0 Å². The van der Waals surface area contributed by atoms with Gasteiger partial charge in [-0.25, -0.2) is 0 Å². The fraction of sp³-hybridized carbons (Fsp3) is 0.320. The topological polar surface area (TPSA) is 38.9 Å². The molecule has 0 saturated heterocycles. The SMILES string of the molecule is CC(C)Cc1ccnc(-c2[c-]ccc3c2oc2cc(-c4ccccc4)ccc23)c1.Cc1c[c-]c(-c2cc(CC3CCCCC3)c([Si](C)(C)C)cn2)cc1C.[Ir]. The van der Waals surface area contributed by atoms with Crippen LogP contribution in [-0.4, -0.2) is 18.0 Å². The van der Waals surface area contributed by atoms with Crippen molar-refractivity contribution in [2.75, 3.05) is 0 Å².